The predicted octanol–water partition coefficient (Wildman–Crippen LogP) is -0.873. The Kier molecular flexibility index (Phi) is 25.2. The number of hydrogen-bond donors (Lipinski definition) is 3. The zero-order valence-electron chi connectivity index (χ0n) is 3.44. The Hall–Kier alpha value is -0.650. The largest absolute Gasteiger partial charge is 0.483 e. The van der Waals surface area contributed by atoms with Gasteiger partial charge in [-0.15, -0.1) is 0 Å². The van der Waals surface area contributed by atoms with E-state index in [0.717, 1.165) is 0 Å². The van der Waals surface area contributed by atoms with Gasteiger partial charge in [0, 0.05) is 0 Å². The van der Waals surface area contributed by atoms with E-state index in [1.54, 1.807) is 0 Å². The summed E-state index contributed by atoms with van der Waals surface area (Å²) < 4.78 is 0. The molecule has 0 aromatic heterocycles. The molecule has 0 rings (SSSR count). The van der Waals surface area contributed by atoms with Crippen molar-refractivity contribution in [3.05, 3.63) is 0 Å². The summed E-state index contributed by atoms with van der Waals surface area (Å²) >= 11 is 0. The highest BCUT2D eigenvalue weighted by Gasteiger charge is 1.54. The van der Waals surface area contributed by atoms with E-state index in [9.17, 15) is 0 Å². The van der Waals surface area contributed by atoms with Crippen molar-refractivity contribution >= 4 is 6.47 Å². The zero-order chi connectivity index (χ0) is 6.12. The second-order valence-electron chi connectivity index (χ2n) is 0.364. The molecule has 0 radical (unpaired) electrons. The Morgan fingerprint density at radius 2 is 1.86 bits per heavy atom. The Morgan fingerprint density at radius 1 is 1.71 bits per heavy atom. The molecule has 0 saturated heterocycles. The van der Waals surface area contributed by atoms with Crippen LogP contribution in [0.1, 0.15) is 0 Å². The molecule has 0 spiro atoms. The minimum Gasteiger partial charge on any atom is -0.483 e. The molecule has 0 fully saturated rings. The minimum atomic E-state index is -0.625. The molecule has 0 atom stereocenters. The first-order valence-corrected chi connectivity index (χ1v) is 1.28. The maximum atomic E-state index is 8.36. The van der Waals surface area contributed by atoms with Crippen LogP contribution in [-0.4, -0.2) is 28.7 Å². The van der Waals surface area contributed by atoms with Gasteiger partial charge in [0.1, 0.15) is 0 Å². The summed E-state index contributed by atoms with van der Waals surface area (Å²) in [7, 11) is 0. The second kappa shape index (κ2) is 18.3. The highest BCUT2D eigenvalue weighted by molar-refractivity contribution is 5.32. The van der Waals surface area contributed by atoms with Gasteiger partial charge in [-0.3, -0.25) is 4.79 Å². The fourth-order valence-corrected chi connectivity index (χ4v) is 0. The lowest BCUT2D eigenvalue weighted by atomic mass is 11.5. The Balaban J connectivity index is 0. The third-order valence-electron chi connectivity index (χ3n) is 0.0577. The van der Waals surface area contributed by atoms with E-state index in [-0.39, 0.29) is 6.47 Å². The average Bonchev–Trinajstić information content (AvgIpc) is 1.69. The molecular weight excluding hydrogens is 104 g/mol. The average molecular weight is 110 g/mol. The summed E-state index contributed by atoms with van der Waals surface area (Å²) in [5.41, 5.74) is 0. The van der Waals surface area contributed by atoms with E-state index < -0.39 is 6.79 Å². The maximum Gasteiger partial charge on any atom is 0.290 e. The van der Waals surface area contributed by atoms with Gasteiger partial charge in [0.25, 0.3) is 6.47 Å². The van der Waals surface area contributed by atoms with Crippen LogP contribution in [0.4, 0.5) is 0 Å². The van der Waals surface area contributed by atoms with Gasteiger partial charge in [-0.1, -0.05) is 0 Å². The number of hydrogen-bond acceptors (Lipinski definition) is 4. The minimum absolute atomic E-state index is 0.250. The fourth-order valence-electron chi connectivity index (χ4n) is 0. The number of carbonyl (C=O) groups is 1. The monoisotopic (exact) mass is 110 g/mol. The van der Waals surface area contributed by atoms with Crippen molar-refractivity contribution in [1.29, 1.82) is 0 Å². The molecule has 3 N–H and O–H groups in total. The lowest BCUT2D eigenvalue weighted by Gasteiger charge is -1.73. The van der Waals surface area contributed by atoms with Crippen molar-refractivity contribution in [3.63, 3.8) is 0 Å². The number of aliphatic hydroxyl groups excluding tert-OH is 1. The Labute approximate surface area is 39.7 Å². The Bertz CT molecular complexity index is 25.3. The molecule has 44 valence electrons. The molecule has 0 aliphatic carbocycles. The summed E-state index contributed by atoms with van der Waals surface area (Å²) in [6.07, 6.45) is 0. The fraction of sp³-hybridized carbons (Fsp3) is 0.500. The van der Waals surface area contributed by atoms with Gasteiger partial charge >= 0.3 is 0 Å². The SMILES string of the molecule is O=CO.OCOO. The van der Waals surface area contributed by atoms with Gasteiger partial charge in [-0.05, 0) is 0 Å². The number of rotatable bonds is 1. The van der Waals surface area contributed by atoms with E-state index in [1.165, 1.54) is 0 Å². The van der Waals surface area contributed by atoms with Crippen molar-refractivity contribution in [1.82, 2.24) is 0 Å². The second-order valence-corrected chi connectivity index (χ2v) is 0.364. The molecule has 0 amide bonds. The summed E-state index contributed by atoms with van der Waals surface area (Å²) in [4.78, 5) is 11.5. The lowest BCUT2D eigenvalue weighted by Crippen LogP contribution is -1.80. The van der Waals surface area contributed by atoms with Gasteiger partial charge in [0.15, 0.2) is 6.79 Å². The topological polar surface area (TPSA) is 87.0 Å². The molecule has 0 aromatic rings. The molecule has 0 bridgehead atoms. The van der Waals surface area contributed by atoms with Crippen LogP contribution in [0.15, 0.2) is 0 Å². The van der Waals surface area contributed by atoms with Gasteiger partial charge in [-0.2, -0.15) is 0 Å². The van der Waals surface area contributed by atoms with Gasteiger partial charge in [0.2, 0.25) is 0 Å². The first kappa shape index (κ1) is 9.61. The summed E-state index contributed by atoms with van der Waals surface area (Å²) in [6.45, 7) is -0.875. The standard InChI is InChI=1S/CH4O3.CH2O2/c2-1-4-3;2-1-3/h2-3H,1H2;1H,(H,2,3). The van der Waals surface area contributed by atoms with E-state index in [4.69, 9.17) is 20.3 Å². The van der Waals surface area contributed by atoms with Gasteiger partial charge < -0.3 is 10.2 Å². The van der Waals surface area contributed by atoms with E-state index in [2.05, 4.69) is 4.89 Å². The predicted molar refractivity (Wildman–Crippen MR) is 19.5 cm³/mol. The number of carboxylic acid groups (broad SMARTS) is 1. The van der Waals surface area contributed by atoms with Crippen LogP contribution >= 0.6 is 0 Å². The van der Waals surface area contributed by atoms with Crippen molar-refractivity contribution in [3.8, 4) is 0 Å². The Morgan fingerprint density at radius 3 is 1.86 bits per heavy atom. The third-order valence-corrected chi connectivity index (χ3v) is 0.0577. The van der Waals surface area contributed by atoms with Gasteiger partial charge in [0.05, 0.1) is 0 Å². The molecule has 5 heteroatoms. The summed E-state index contributed by atoms with van der Waals surface area (Å²) in [5, 5.41) is 21.4. The normalized spacial score (nSPS) is 6.00. The lowest BCUT2D eigenvalue weighted by molar-refractivity contribution is -0.285. The third kappa shape index (κ3) is 490. The van der Waals surface area contributed by atoms with Crippen molar-refractivity contribution in [2.24, 2.45) is 0 Å². The van der Waals surface area contributed by atoms with Crippen molar-refractivity contribution < 1.29 is 25.2 Å². The zero-order valence-corrected chi connectivity index (χ0v) is 3.44. The summed E-state index contributed by atoms with van der Waals surface area (Å²) in [6, 6.07) is 0. The quantitative estimate of drug-likeness (QED) is 0.177. The van der Waals surface area contributed by atoms with Crippen molar-refractivity contribution in [2.45, 2.75) is 0 Å². The summed E-state index contributed by atoms with van der Waals surface area (Å²) in [5.74, 6) is 0. The van der Waals surface area contributed by atoms with E-state index in [0.29, 0.717) is 0 Å². The first-order chi connectivity index (χ1) is 3.33. The van der Waals surface area contributed by atoms with Crippen LogP contribution in [0.3, 0.4) is 0 Å². The molecule has 0 saturated carbocycles. The van der Waals surface area contributed by atoms with Crippen LogP contribution in [0.5, 0.6) is 0 Å². The number of aliphatic hydroxyl groups is 1. The molecule has 0 aromatic carbocycles. The maximum absolute atomic E-state index is 8.36. The molecule has 0 aliphatic heterocycles. The highest BCUT2D eigenvalue weighted by Crippen LogP contribution is 1.44. The van der Waals surface area contributed by atoms with Crippen LogP contribution < -0.4 is 0 Å². The van der Waals surface area contributed by atoms with E-state index >= 15 is 0 Å². The van der Waals surface area contributed by atoms with E-state index in [1.807, 2.05) is 0 Å². The van der Waals surface area contributed by atoms with Crippen LogP contribution in [0.2, 0.25) is 0 Å². The molecule has 0 unspecified atom stereocenters. The smallest absolute Gasteiger partial charge is 0.290 e. The molecule has 0 aliphatic rings. The molecule has 7 heavy (non-hydrogen) atoms. The first-order valence-electron chi connectivity index (χ1n) is 1.28. The molecule has 0 heterocycles. The molecule has 5 nitrogen and oxygen atoms in total. The molecular formula is C2H6O5. The van der Waals surface area contributed by atoms with Gasteiger partial charge in [-0.25, -0.2) is 10.1 Å². The van der Waals surface area contributed by atoms with Crippen molar-refractivity contribution in [2.75, 3.05) is 6.79 Å². The van der Waals surface area contributed by atoms with Crippen LogP contribution in [-0.2, 0) is 9.68 Å². The van der Waals surface area contributed by atoms with Crippen LogP contribution in [0, 0.1) is 0 Å². The van der Waals surface area contributed by atoms with Crippen LogP contribution in [0.25, 0.3) is 0 Å². The highest BCUT2D eigenvalue weighted by atomic mass is 17.1.